The van der Waals surface area contributed by atoms with Gasteiger partial charge < -0.3 is 15.2 Å². The Morgan fingerprint density at radius 3 is 2.70 bits per heavy atom. The van der Waals surface area contributed by atoms with E-state index >= 15 is 0 Å². The zero-order valence-corrected chi connectivity index (χ0v) is 13.2. The van der Waals surface area contributed by atoms with Gasteiger partial charge in [-0.2, -0.15) is 0 Å². The first kappa shape index (κ1) is 14.8. The molecule has 0 aromatic rings. The largest absolute Gasteiger partial charge is 0.383 e. The molecule has 2 saturated carbocycles. The van der Waals surface area contributed by atoms with E-state index in [1.807, 2.05) is 0 Å². The molecule has 116 valence electrons. The van der Waals surface area contributed by atoms with Crippen LogP contribution in [0.15, 0.2) is 0 Å². The van der Waals surface area contributed by atoms with E-state index in [0.29, 0.717) is 12.0 Å². The van der Waals surface area contributed by atoms with Crippen LogP contribution in [-0.2, 0) is 9.47 Å². The summed E-state index contributed by atoms with van der Waals surface area (Å²) in [6.45, 7) is 8.31. The van der Waals surface area contributed by atoms with Crippen molar-refractivity contribution in [3.8, 4) is 0 Å². The van der Waals surface area contributed by atoms with Crippen molar-refractivity contribution < 1.29 is 9.47 Å². The van der Waals surface area contributed by atoms with E-state index in [0.717, 1.165) is 38.8 Å². The van der Waals surface area contributed by atoms with E-state index in [9.17, 15) is 0 Å². The molecule has 4 heteroatoms. The van der Waals surface area contributed by atoms with Gasteiger partial charge >= 0.3 is 0 Å². The summed E-state index contributed by atoms with van der Waals surface area (Å²) in [5.74, 6) is 0.537. The Kier molecular flexibility index (Phi) is 3.87. The summed E-state index contributed by atoms with van der Waals surface area (Å²) in [5, 5.41) is 0. The molecule has 3 aliphatic rings. The Morgan fingerprint density at radius 2 is 2.05 bits per heavy atom. The lowest BCUT2D eigenvalue weighted by atomic mass is 9.46. The molecule has 0 spiro atoms. The molecule has 2 aliphatic carbocycles. The minimum Gasteiger partial charge on any atom is -0.383 e. The third-order valence-corrected chi connectivity index (χ3v) is 6.01. The van der Waals surface area contributed by atoms with Crippen molar-refractivity contribution in [3.63, 3.8) is 0 Å². The molecule has 3 unspecified atom stereocenters. The Hall–Kier alpha value is -0.160. The average molecular weight is 282 g/mol. The summed E-state index contributed by atoms with van der Waals surface area (Å²) in [7, 11) is 1.78. The Morgan fingerprint density at radius 1 is 1.30 bits per heavy atom. The highest BCUT2D eigenvalue weighted by molar-refractivity contribution is 5.21. The minimum atomic E-state index is -0.103. The summed E-state index contributed by atoms with van der Waals surface area (Å²) in [5.41, 5.74) is 6.89. The fourth-order valence-corrected chi connectivity index (χ4v) is 4.36. The summed E-state index contributed by atoms with van der Waals surface area (Å²) in [6.07, 6.45) is 5.41. The molecule has 1 heterocycles. The Balaban J connectivity index is 1.70. The van der Waals surface area contributed by atoms with Gasteiger partial charge in [0.15, 0.2) is 0 Å². The van der Waals surface area contributed by atoms with Gasteiger partial charge in [-0.05, 0) is 25.7 Å². The van der Waals surface area contributed by atoms with E-state index in [1.54, 1.807) is 7.11 Å². The summed E-state index contributed by atoms with van der Waals surface area (Å²) in [4.78, 5) is 2.57. The van der Waals surface area contributed by atoms with E-state index in [1.165, 1.54) is 19.3 Å². The monoisotopic (exact) mass is 282 g/mol. The molecular weight excluding hydrogens is 252 g/mol. The maximum Gasteiger partial charge on any atom is 0.0690 e. The van der Waals surface area contributed by atoms with E-state index < -0.39 is 0 Å². The van der Waals surface area contributed by atoms with Gasteiger partial charge in [0.25, 0.3) is 0 Å². The summed E-state index contributed by atoms with van der Waals surface area (Å²) >= 11 is 0. The maximum atomic E-state index is 6.91. The normalized spacial score (nSPS) is 39.5. The molecule has 20 heavy (non-hydrogen) atoms. The van der Waals surface area contributed by atoms with Crippen molar-refractivity contribution in [2.45, 2.75) is 57.2 Å². The molecular formula is C16H30N2O2. The van der Waals surface area contributed by atoms with Crippen LogP contribution in [0.25, 0.3) is 0 Å². The molecule has 4 nitrogen and oxygen atoms in total. The van der Waals surface area contributed by atoms with Gasteiger partial charge in [0, 0.05) is 49.7 Å². The lowest BCUT2D eigenvalue weighted by Gasteiger charge is -2.67. The van der Waals surface area contributed by atoms with Gasteiger partial charge in [0.05, 0.1) is 12.7 Å². The standard InChI is InChI=1S/C16H30N2O2/c1-15(2)14-13(5-4-9-20-14)16(15,17)11-18(8-10-19-3)12-6-7-12/h12-14H,4-11,17H2,1-3H3. The van der Waals surface area contributed by atoms with Gasteiger partial charge in [-0.3, -0.25) is 4.90 Å². The molecule has 0 bridgehead atoms. The zero-order chi connectivity index (χ0) is 14.4. The van der Waals surface area contributed by atoms with Crippen molar-refractivity contribution in [2.24, 2.45) is 17.1 Å². The lowest BCUT2D eigenvalue weighted by Crippen LogP contribution is -2.80. The van der Waals surface area contributed by atoms with Crippen molar-refractivity contribution in [1.82, 2.24) is 4.90 Å². The summed E-state index contributed by atoms with van der Waals surface area (Å²) in [6, 6.07) is 0.741. The van der Waals surface area contributed by atoms with E-state index in [2.05, 4.69) is 18.7 Å². The van der Waals surface area contributed by atoms with Gasteiger partial charge in [0.2, 0.25) is 0 Å². The van der Waals surface area contributed by atoms with Crippen molar-refractivity contribution in [3.05, 3.63) is 0 Å². The van der Waals surface area contributed by atoms with Crippen molar-refractivity contribution in [1.29, 1.82) is 0 Å². The maximum absolute atomic E-state index is 6.91. The fourth-order valence-electron chi connectivity index (χ4n) is 4.36. The van der Waals surface area contributed by atoms with E-state index in [-0.39, 0.29) is 11.0 Å². The molecule has 0 aromatic heterocycles. The first-order chi connectivity index (χ1) is 9.50. The quantitative estimate of drug-likeness (QED) is 0.804. The zero-order valence-electron chi connectivity index (χ0n) is 13.2. The van der Waals surface area contributed by atoms with Crippen LogP contribution in [0.4, 0.5) is 0 Å². The predicted octanol–water partition coefficient (Wildman–Crippen LogP) is 1.63. The molecule has 1 aliphatic heterocycles. The molecule has 3 atom stereocenters. The second-order valence-corrected chi connectivity index (χ2v) is 7.50. The highest BCUT2D eigenvalue weighted by atomic mass is 16.5. The lowest BCUT2D eigenvalue weighted by molar-refractivity contribution is -0.232. The molecule has 0 aromatic carbocycles. The third-order valence-electron chi connectivity index (χ3n) is 6.01. The number of methoxy groups -OCH3 is 1. The van der Waals surface area contributed by atoms with Gasteiger partial charge in [-0.1, -0.05) is 13.8 Å². The van der Waals surface area contributed by atoms with Gasteiger partial charge in [-0.25, -0.2) is 0 Å². The van der Waals surface area contributed by atoms with Gasteiger partial charge in [0.1, 0.15) is 0 Å². The Bertz CT molecular complexity index is 356. The van der Waals surface area contributed by atoms with Crippen molar-refractivity contribution >= 4 is 0 Å². The molecule has 3 rings (SSSR count). The highest BCUT2D eigenvalue weighted by Gasteiger charge is 2.66. The van der Waals surface area contributed by atoms with E-state index in [4.69, 9.17) is 15.2 Å². The number of hydrogen-bond acceptors (Lipinski definition) is 4. The molecule has 2 N–H and O–H groups in total. The van der Waals surface area contributed by atoms with Gasteiger partial charge in [-0.15, -0.1) is 0 Å². The van der Waals surface area contributed by atoms with Crippen LogP contribution < -0.4 is 5.73 Å². The Labute approximate surface area is 123 Å². The topological polar surface area (TPSA) is 47.7 Å². The average Bonchev–Trinajstić information content (AvgIpc) is 3.27. The predicted molar refractivity (Wildman–Crippen MR) is 79.6 cm³/mol. The number of nitrogens with zero attached hydrogens (tertiary/aromatic N) is 1. The number of ether oxygens (including phenoxy) is 2. The van der Waals surface area contributed by atoms with Crippen LogP contribution in [0.5, 0.6) is 0 Å². The highest BCUT2D eigenvalue weighted by Crippen LogP contribution is 2.57. The first-order valence-electron chi connectivity index (χ1n) is 8.14. The third kappa shape index (κ3) is 2.21. The van der Waals surface area contributed by atoms with Crippen LogP contribution in [0, 0.1) is 11.3 Å². The smallest absolute Gasteiger partial charge is 0.0690 e. The second-order valence-electron chi connectivity index (χ2n) is 7.50. The minimum absolute atomic E-state index is 0.0816. The molecule has 3 fully saturated rings. The van der Waals surface area contributed by atoms with Crippen LogP contribution in [0.2, 0.25) is 0 Å². The van der Waals surface area contributed by atoms with Crippen molar-refractivity contribution in [2.75, 3.05) is 33.4 Å². The number of rotatable bonds is 6. The number of nitrogens with two attached hydrogens (primary N) is 1. The SMILES string of the molecule is COCCN(CC1(N)C2CCCOC2C1(C)C)C1CC1. The molecule has 0 amide bonds. The number of fused-ring (bicyclic) bond motifs is 1. The van der Waals surface area contributed by atoms with Crippen LogP contribution in [0.3, 0.4) is 0 Å². The van der Waals surface area contributed by atoms with Crippen LogP contribution in [0.1, 0.15) is 39.5 Å². The molecule has 1 saturated heterocycles. The number of hydrogen-bond donors (Lipinski definition) is 1. The van der Waals surface area contributed by atoms with Crippen LogP contribution >= 0.6 is 0 Å². The van der Waals surface area contributed by atoms with Crippen LogP contribution in [-0.4, -0.2) is 56.0 Å². The second kappa shape index (κ2) is 5.24. The fraction of sp³-hybridized carbons (Fsp3) is 1.00. The summed E-state index contributed by atoms with van der Waals surface area (Å²) < 4.78 is 11.3. The first-order valence-corrected chi connectivity index (χ1v) is 8.14. The molecule has 0 radical (unpaired) electrons.